The molecule has 116 valence electrons. The summed E-state index contributed by atoms with van der Waals surface area (Å²) in [5, 5.41) is 2.49. The zero-order valence-corrected chi connectivity index (χ0v) is 13.5. The summed E-state index contributed by atoms with van der Waals surface area (Å²) in [5.41, 5.74) is 1.11. The van der Waals surface area contributed by atoms with Crippen LogP contribution in [0.3, 0.4) is 0 Å². The predicted molar refractivity (Wildman–Crippen MR) is 83.1 cm³/mol. The van der Waals surface area contributed by atoms with E-state index in [-0.39, 0.29) is 30.4 Å². The summed E-state index contributed by atoms with van der Waals surface area (Å²) in [6.45, 7) is 0.948. The molecule has 7 heteroatoms. The van der Waals surface area contributed by atoms with Gasteiger partial charge < -0.3 is 10.2 Å². The number of carbonyl (C=O) groups is 3. The average molecular weight is 366 g/mol. The van der Waals surface area contributed by atoms with E-state index >= 15 is 0 Å². The molecule has 1 N–H and O–H groups in total. The van der Waals surface area contributed by atoms with Gasteiger partial charge in [-0.05, 0) is 24.1 Å². The first-order valence-corrected chi connectivity index (χ1v) is 7.96. The quantitative estimate of drug-likeness (QED) is 0.813. The first-order chi connectivity index (χ1) is 10.5. The van der Waals surface area contributed by atoms with Crippen molar-refractivity contribution in [1.29, 1.82) is 0 Å². The van der Waals surface area contributed by atoms with Crippen molar-refractivity contribution >= 4 is 33.8 Å². The molecule has 2 heterocycles. The summed E-state index contributed by atoms with van der Waals surface area (Å²) in [5.74, 6) is -0.150. The van der Waals surface area contributed by atoms with E-state index < -0.39 is 0 Å². The Labute approximate surface area is 136 Å². The van der Waals surface area contributed by atoms with Gasteiger partial charge in [0, 0.05) is 24.0 Å². The maximum absolute atomic E-state index is 12.1. The van der Waals surface area contributed by atoms with E-state index in [0.717, 1.165) is 10.0 Å². The second kappa shape index (κ2) is 6.08. The molecule has 22 heavy (non-hydrogen) atoms. The minimum absolute atomic E-state index is 0.0613. The molecule has 2 saturated heterocycles. The molecule has 0 spiro atoms. The van der Waals surface area contributed by atoms with Crippen molar-refractivity contribution in [3.63, 3.8) is 0 Å². The van der Waals surface area contributed by atoms with Crippen LogP contribution in [0.2, 0.25) is 0 Å². The van der Waals surface area contributed by atoms with Crippen molar-refractivity contribution in [2.24, 2.45) is 0 Å². The molecule has 2 aliphatic rings. The second-order valence-corrected chi connectivity index (χ2v) is 6.42. The number of imide groups is 1. The average Bonchev–Trinajstić information content (AvgIpc) is 2.77. The van der Waals surface area contributed by atoms with Crippen LogP contribution in [-0.4, -0.2) is 53.3 Å². The largest absolute Gasteiger partial charge is 0.338 e. The lowest BCUT2D eigenvalue weighted by molar-refractivity contribution is -0.142. The van der Waals surface area contributed by atoms with Crippen molar-refractivity contribution in [2.75, 3.05) is 19.6 Å². The minimum Gasteiger partial charge on any atom is -0.338 e. The summed E-state index contributed by atoms with van der Waals surface area (Å²) in [4.78, 5) is 38.1. The monoisotopic (exact) mass is 365 g/mol. The zero-order chi connectivity index (χ0) is 15.7. The zero-order valence-electron chi connectivity index (χ0n) is 11.9. The van der Waals surface area contributed by atoms with Crippen LogP contribution in [-0.2, 0) is 16.0 Å². The highest BCUT2D eigenvalue weighted by Crippen LogP contribution is 2.19. The third-order valence-electron chi connectivity index (χ3n) is 4.00. The number of aryl methyl sites for hydroxylation is 1. The molecular weight excluding hydrogens is 350 g/mol. The normalized spacial score (nSPS) is 18.4. The highest BCUT2D eigenvalue weighted by atomic mass is 79.9. The molecule has 0 radical (unpaired) electrons. The van der Waals surface area contributed by atoms with Crippen LogP contribution in [0.4, 0.5) is 4.79 Å². The summed E-state index contributed by atoms with van der Waals surface area (Å²) in [6, 6.07) is 7.37. The molecule has 0 saturated carbocycles. The van der Waals surface area contributed by atoms with Gasteiger partial charge in [0.1, 0.15) is 0 Å². The first kappa shape index (κ1) is 15.0. The number of hydrogen-bond donors (Lipinski definition) is 1. The Morgan fingerprint density at radius 1 is 1.23 bits per heavy atom. The number of nitrogens with one attached hydrogen (secondary N) is 1. The Hall–Kier alpha value is -1.89. The fourth-order valence-electron chi connectivity index (χ4n) is 2.69. The number of nitrogens with zero attached hydrogens (tertiary/aromatic N) is 2. The predicted octanol–water partition coefficient (Wildman–Crippen LogP) is 1.14. The topological polar surface area (TPSA) is 69.7 Å². The smallest absolute Gasteiger partial charge is 0.324 e. The Bertz CT molecular complexity index is 595. The van der Waals surface area contributed by atoms with Gasteiger partial charge in [0.05, 0.1) is 12.6 Å². The molecular formula is C15H16BrN3O3. The van der Waals surface area contributed by atoms with Crippen molar-refractivity contribution in [3.8, 4) is 0 Å². The van der Waals surface area contributed by atoms with Crippen LogP contribution in [0.1, 0.15) is 12.0 Å². The standard InChI is InChI=1S/C15H16BrN3O3/c16-11-4-1-10(2-5-11)3-6-13(20)18-8-12(9-18)19-14(21)7-17-15(19)22/h1-2,4-5,12H,3,6-9H2,(H,17,22). The third-order valence-corrected chi connectivity index (χ3v) is 4.53. The molecule has 0 aliphatic carbocycles. The summed E-state index contributed by atoms with van der Waals surface area (Å²) >= 11 is 3.38. The Morgan fingerprint density at radius 2 is 1.91 bits per heavy atom. The van der Waals surface area contributed by atoms with Gasteiger partial charge in [0.2, 0.25) is 11.8 Å². The van der Waals surface area contributed by atoms with Gasteiger partial charge in [-0.25, -0.2) is 4.79 Å². The number of likely N-dealkylation sites (tertiary alicyclic amines) is 1. The number of carbonyl (C=O) groups excluding carboxylic acids is 3. The number of hydrogen-bond acceptors (Lipinski definition) is 3. The van der Waals surface area contributed by atoms with Gasteiger partial charge in [-0.3, -0.25) is 14.5 Å². The molecule has 4 amide bonds. The van der Waals surface area contributed by atoms with Crippen molar-refractivity contribution in [1.82, 2.24) is 15.1 Å². The summed E-state index contributed by atoms with van der Waals surface area (Å²) in [6.07, 6.45) is 1.13. The molecule has 0 unspecified atom stereocenters. The molecule has 0 bridgehead atoms. The van der Waals surface area contributed by atoms with Crippen molar-refractivity contribution in [2.45, 2.75) is 18.9 Å². The number of rotatable bonds is 4. The van der Waals surface area contributed by atoms with Gasteiger partial charge in [0.15, 0.2) is 0 Å². The Balaban J connectivity index is 1.46. The first-order valence-electron chi connectivity index (χ1n) is 7.16. The second-order valence-electron chi connectivity index (χ2n) is 5.50. The van der Waals surface area contributed by atoms with Gasteiger partial charge in [-0.15, -0.1) is 0 Å². The number of urea groups is 1. The molecule has 2 aliphatic heterocycles. The molecule has 3 rings (SSSR count). The van der Waals surface area contributed by atoms with Crippen molar-refractivity contribution < 1.29 is 14.4 Å². The summed E-state index contributed by atoms with van der Waals surface area (Å²) < 4.78 is 1.02. The molecule has 1 aromatic carbocycles. The molecule has 6 nitrogen and oxygen atoms in total. The van der Waals surface area contributed by atoms with Crippen LogP contribution in [0.15, 0.2) is 28.7 Å². The lowest BCUT2D eigenvalue weighted by atomic mass is 10.0. The SMILES string of the molecule is O=C(CCc1ccc(Br)cc1)N1CC(N2C(=O)CNC2=O)C1. The molecule has 1 aromatic rings. The summed E-state index contributed by atoms with van der Waals surface area (Å²) in [7, 11) is 0. The lowest BCUT2D eigenvalue weighted by Crippen LogP contribution is -2.62. The number of halogens is 1. The minimum atomic E-state index is -0.350. The Morgan fingerprint density at radius 3 is 2.50 bits per heavy atom. The van der Waals surface area contributed by atoms with E-state index in [4.69, 9.17) is 0 Å². The molecule has 0 atom stereocenters. The van der Waals surface area contributed by atoms with Crippen LogP contribution in [0.25, 0.3) is 0 Å². The van der Waals surface area contributed by atoms with E-state index in [9.17, 15) is 14.4 Å². The van der Waals surface area contributed by atoms with E-state index in [1.807, 2.05) is 24.3 Å². The maximum atomic E-state index is 12.1. The van der Waals surface area contributed by atoms with E-state index in [2.05, 4.69) is 21.2 Å². The van der Waals surface area contributed by atoms with Crippen LogP contribution in [0.5, 0.6) is 0 Å². The van der Waals surface area contributed by atoms with Crippen LogP contribution in [0, 0.1) is 0 Å². The number of benzene rings is 1. The fourth-order valence-corrected chi connectivity index (χ4v) is 2.95. The van der Waals surface area contributed by atoms with Gasteiger partial charge in [-0.2, -0.15) is 0 Å². The van der Waals surface area contributed by atoms with Gasteiger partial charge >= 0.3 is 6.03 Å². The number of amides is 4. The van der Waals surface area contributed by atoms with E-state index in [1.165, 1.54) is 4.90 Å². The highest BCUT2D eigenvalue weighted by Gasteiger charge is 2.42. The molecule has 0 aromatic heterocycles. The van der Waals surface area contributed by atoms with E-state index in [1.54, 1.807) is 4.90 Å². The van der Waals surface area contributed by atoms with Gasteiger partial charge in [0.25, 0.3) is 0 Å². The molecule has 2 fully saturated rings. The lowest BCUT2D eigenvalue weighted by Gasteiger charge is -2.42. The van der Waals surface area contributed by atoms with Gasteiger partial charge in [-0.1, -0.05) is 28.1 Å². The van der Waals surface area contributed by atoms with E-state index in [0.29, 0.717) is 25.9 Å². The van der Waals surface area contributed by atoms with Crippen LogP contribution < -0.4 is 5.32 Å². The van der Waals surface area contributed by atoms with Crippen LogP contribution >= 0.6 is 15.9 Å². The fraction of sp³-hybridized carbons (Fsp3) is 0.400. The maximum Gasteiger partial charge on any atom is 0.324 e. The highest BCUT2D eigenvalue weighted by molar-refractivity contribution is 9.10. The van der Waals surface area contributed by atoms with Crippen molar-refractivity contribution in [3.05, 3.63) is 34.3 Å². The Kier molecular flexibility index (Phi) is 4.15. The third kappa shape index (κ3) is 2.99.